The number of benzene rings is 1. The van der Waals surface area contributed by atoms with Crippen LogP contribution in [0.5, 0.6) is 0 Å². The zero-order chi connectivity index (χ0) is 11.4. The Balaban J connectivity index is 3.00. The van der Waals surface area contributed by atoms with Crippen LogP contribution in [0.1, 0.15) is 19.4 Å². The molecule has 0 bridgehead atoms. The van der Waals surface area contributed by atoms with Gasteiger partial charge < -0.3 is 15.3 Å². The molecule has 3 heteroatoms. The summed E-state index contributed by atoms with van der Waals surface area (Å²) in [4.78, 5) is 1.95. The maximum absolute atomic E-state index is 9.59. The summed E-state index contributed by atoms with van der Waals surface area (Å²) in [5, 5.41) is 12.7. The Morgan fingerprint density at radius 3 is 2.53 bits per heavy atom. The van der Waals surface area contributed by atoms with Gasteiger partial charge in [0.15, 0.2) is 0 Å². The fraction of sp³-hybridized carbons (Fsp3) is 0.500. The molecule has 0 fully saturated rings. The van der Waals surface area contributed by atoms with Crippen LogP contribution in [0.4, 0.5) is 11.4 Å². The highest BCUT2D eigenvalue weighted by Gasteiger charge is 2.10. The number of aryl methyl sites for hydroxylation is 1. The minimum atomic E-state index is -0.449. The zero-order valence-electron chi connectivity index (χ0n) is 9.91. The van der Waals surface area contributed by atoms with Crippen molar-refractivity contribution < 1.29 is 5.11 Å². The number of nitrogens with one attached hydrogen (secondary N) is 1. The number of hydrogen-bond acceptors (Lipinski definition) is 3. The highest BCUT2D eigenvalue weighted by molar-refractivity contribution is 5.60. The molecule has 0 amide bonds. The summed E-state index contributed by atoms with van der Waals surface area (Å²) < 4.78 is 0. The average molecular weight is 208 g/mol. The third kappa shape index (κ3) is 2.63. The van der Waals surface area contributed by atoms with Crippen LogP contribution in [0.25, 0.3) is 0 Å². The lowest BCUT2D eigenvalue weighted by molar-refractivity contribution is 0.190. The Morgan fingerprint density at radius 2 is 2.13 bits per heavy atom. The van der Waals surface area contributed by atoms with Crippen LogP contribution in [-0.2, 0) is 0 Å². The molecule has 0 aromatic heterocycles. The normalized spacial score (nSPS) is 12.3. The van der Waals surface area contributed by atoms with E-state index in [9.17, 15) is 5.11 Å². The summed E-state index contributed by atoms with van der Waals surface area (Å²) >= 11 is 0. The molecule has 84 valence electrons. The average Bonchev–Trinajstić information content (AvgIpc) is 2.18. The molecule has 2 N–H and O–H groups in total. The van der Waals surface area contributed by atoms with E-state index in [4.69, 9.17) is 0 Å². The SMILES string of the molecule is CCN(c1ccc(NC)c(C)c1)C(C)O. The van der Waals surface area contributed by atoms with Crippen molar-refractivity contribution in [3.8, 4) is 0 Å². The molecular formula is C12H20N2O. The van der Waals surface area contributed by atoms with Crippen LogP contribution < -0.4 is 10.2 Å². The molecule has 0 aliphatic rings. The van der Waals surface area contributed by atoms with Gasteiger partial charge in [0.1, 0.15) is 6.23 Å². The number of hydrogen-bond donors (Lipinski definition) is 2. The van der Waals surface area contributed by atoms with Gasteiger partial charge >= 0.3 is 0 Å². The molecule has 0 saturated heterocycles. The van der Waals surface area contributed by atoms with E-state index in [0.717, 1.165) is 17.9 Å². The van der Waals surface area contributed by atoms with Gasteiger partial charge in [-0.3, -0.25) is 0 Å². The molecule has 3 nitrogen and oxygen atoms in total. The van der Waals surface area contributed by atoms with E-state index in [1.807, 2.05) is 31.0 Å². The first-order chi connectivity index (χ1) is 7.10. The molecule has 0 heterocycles. The highest BCUT2D eigenvalue weighted by Crippen LogP contribution is 2.23. The molecule has 0 aliphatic heterocycles. The molecule has 0 spiro atoms. The smallest absolute Gasteiger partial charge is 0.124 e. The van der Waals surface area contributed by atoms with Gasteiger partial charge in [0.05, 0.1) is 0 Å². The number of anilines is 2. The van der Waals surface area contributed by atoms with Crippen molar-refractivity contribution in [2.24, 2.45) is 0 Å². The van der Waals surface area contributed by atoms with Crippen molar-refractivity contribution >= 4 is 11.4 Å². The molecule has 1 aromatic carbocycles. The first-order valence-electron chi connectivity index (χ1n) is 5.33. The zero-order valence-corrected chi connectivity index (χ0v) is 9.91. The third-order valence-electron chi connectivity index (χ3n) is 2.60. The number of aliphatic hydroxyl groups excluding tert-OH is 1. The topological polar surface area (TPSA) is 35.5 Å². The van der Waals surface area contributed by atoms with Gasteiger partial charge in [0.2, 0.25) is 0 Å². The maximum atomic E-state index is 9.59. The predicted molar refractivity (Wildman–Crippen MR) is 65.4 cm³/mol. The first-order valence-corrected chi connectivity index (χ1v) is 5.33. The Labute approximate surface area is 91.7 Å². The molecule has 15 heavy (non-hydrogen) atoms. The van der Waals surface area contributed by atoms with Crippen molar-refractivity contribution in [1.29, 1.82) is 0 Å². The van der Waals surface area contributed by atoms with Crippen LogP contribution in [-0.4, -0.2) is 24.9 Å². The summed E-state index contributed by atoms with van der Waals surface area (Å²) in [5.41, 5.74) is 3.37. The van der Waals surface area contributed by atoms with Crippen LogP contribution in [0, 0.1) is 6.92 Å². The van der Waals surface area contributed by atoms with E-state index >= 15 is 0 Å². The van der Waals surface area contributed by atoms with Gasteiger partial charge in [-0.05, 0) is 44.5 Å². The van der Waals surface area contributed by atoms with Gasteiger partial charge in [0, 0.05) is 25.0 Å². The monoisotopic (exact) mass is 208 g/mol. The van der Waals surface area contributed by atoms with E-state index < -0.39 is 6.23 Å². The van der Waals surface area contributed by atoms with Crippen molar-refractivity contribution in [2.75, 3.05) is 23.8 Å². The minimum Gasteiger partial charge on any atom is -0.388 e. The Kier molecular flexibility index (Phi) is 3.97. The standard InChI is InChI=1S/C12H20N2O/c1-5-14(10(3)15)11-6-7-12(13-4)9(2)8-11/h6-8,10,13,15H,5H2,1-4H3. The summed E-state index contributed by atoms with van der Waals surface area (Å²) in [6, 6.07) is 6.15. The fourth-order valence-electron chi connectivity index (χ4n) is 1.77. The summed E-state index contributed by atoms with van der Waals surface area (Å²) in [7, 11) is 1.91. The van der Waals surface area contributed by atoms with Crippen molar-refractivity contribution in [3.05, 3.63) is 23.8 Å². The maximum Gasteiger partial charge on any atom is 0.124 e. The second-order valence-electron chi connectivity index (χ2n) is 3.67. The van der Waals surface area contributed by atoms with E-state index in [-0.39, 0.29) is 0 Å². The van der Waals surface area contributed by atoms with Crippen molar-refractivity contribution in [1.82, 2.24) is 0 Å². The van der Waals surface area contributed by atoms with Gasteiger partial charge in [-0.15, -0.1) is 0 Å². The predicted octanol–water partition coefficient (Wildman–Crippen LogP) is 2.20. The van der Waals surface area contributed by atoms with Gasteiger partial charge in [-0.2, -0.15) is 0 Å². The second kappa shape index (κ2) is 5.03. The van der Waals surface area contributed by atoms with Crippen LogP contribution in [0.3, 0.4) is 0 Å². The molecule has 1 rings (SSSR count). The van der Waals surface area contributed by atoms with Crippen LogP contribution in [0.15, 0.2) is 18.2 Å². The second-order valence-corrected chi connectivity index (χ2v) is 3.67. The quantitative estimate of drug-likeness (QED) is 0.745. The summed E-state index contributed by atoms with van der Waals surface area (Å²) in [6.45, 7) is 6.68. The van der Waals surface area contributed by atoms with E-state index in [1.54, 1.807) is 6.92 Å². The molecule has 0 radical (unpaired) electrons. The van der Waals surface area contributed by atoms with Crippen molar-refractivity contribution in [2.45, 2.75) is 27.0 Å². The Morgan fingerprint density at radius 1 is 1.47 bits per heavy atom. The Hall–Kier alpha value is -1.22. The lowest BCUT2D eigenvalue weighted by atomic mass is 10.1. The molecule has 1 aromatic rings. The lowest BCUT2D eigenvalue weighted by Gasteiger charge is -2.26. The highest BCUT2D eigenvalue weighted by atomic mass is 16.3. The first kappa shape index (κ1) is 11.9. The molecular weight excluding hydrogens is 188 g/mol. The van der Waals surface area contributed by atoms with Crippen molar-refractivity contribution in [3.63, 3.8) is 0 Å². The molecule has 0 saturated carbocycles. The lowest BCUT2D eigenvalue weighted by Crippen LogP contribution is -2.32. The van der Waals surface area contributed by atoms with Gasteiger partial charge in [-0.25, -0.2) is 0 Å². The third-order valence-corrected chi connectivity index (χ3v) is 2.60. The minimum absolute atomic E-state index is 0.449. The van der Waals surface area contributed by atoms with Gasteiger partial charge in [-0.1, -0.05) is 0 Å². The van der Waals surface area contributed by atoms with E-state index in [1.165, 1.54) is 5.56 Å². The fourth-order valence-corrected chi connectivity index (χ4v) is 1.77. The van der Waals surface area contributed by atoms with Crippen LogP contribution in [0.2, 0.25) is 0 Å². The summed E-state index contributed by atoms with van der Waals surface area (Å²) in [6.07, 6.45) is -0.449. The molecule has 1 unspecified atom stereocenters. The number of aliphatic hydroxyl groups is 1. The largest absolute Gasteiger partial charge is 0.388 e. The number of rotatable bonds is 4. The van der Waals surface area contributed by atoms with Crippen LogP contribution >= 0.6 is 0 Å². The van der Waals surface area contributed by atoms with E-state index in [0.29, 0.717) is 0 Å². The molecule has 1 atom stereocenters. The number of nitrogens with zero attached hydrogens (tertiary/aromatic N) is 1. The van der Waals surface area contributed by atoms with Gasteiger partial charge in [0.25, 0.3) is 0 Å². The summed E-state index contributed by atoms with van der Waals surface area (Å²) in [5.74, 6) is 0. The molecule has 0 aliphatic carbocycles. The Bertz CT molecular complexity index is 323. The van der Waals surface area contributed by atoms with E-state index in [2.05, 4.69) is 18.3 Å².